The normalized spacial score (nSPS) is 11.0. The molecule has 0 aliphatic heterocycles. The quantitative estimate of drug-likeness (QED) is 0.418. The molecule has 0 aliphatic carbocycles. The van der Waals surface area contributed by atoms with E-state index in [-0.39, 0.29) is 5.69 Å². The van der Waals surface area contributed by atoms with Crippen molar-refractivity contribution in [2.75, 3.05) is 0 Å². The zero-order valence-corrected chi connectivity index (χ0v) is 12.3. The molecular weight excluding hydrogens is 314 g/mol. The van der Waals surface area contributed by atoms with Crippen molar-refractivity contribution in [3.8, 4) is 0 Å². The van der Waals surface area contributed by atoms with E-state index < -0.39 is 4.92 Å². The fraction of sp³-hybridized carbons (Fsp3) is 0.0833. The number of nitro benzene ring substituents is 1. The van der Waals surface area contributed by atoms with E-state index in [2.05, 4.69) is 15.1 Å². The van der Waals surface area contributed by atoms with Crippen LogP contribution >= 0.6 is 23.4 Å². The highest BCUT2D eigenvalue weighted by molar-refractivity contribution is 7.99. The van der Waals surface area contributed by atoms with Gasteiger partial charge in [-0.05, 0) is 13.0 Å². The summed E-state index contributed by atoms with van der Waals surface area (Å²) < 4.78 is 1.52. The summed E-state index contributed by atoms with van der Waals surface area (Å²) in [5.74, 6) is 0.353. The van der Waals surface area contributed by atoms with Gasteiger partial charge in [-0.2, -0.15) is 19.6 Å². The van der Waals surface area contributed by atoms with Gasteiger partial charge < -0.3 is 0 Å². The molecule has 0 spiro atoms. The summed E-state index contributed by atoms with van der Waals surface area (Å²) in [5, 5.41) is 16.1. The largest absolute Gasteiger partial charge is 0.283 e. The Morgan fingerprint density at radius 3 is 2.90 bits per heavy atom. The van der Waals surface area contributed by atoms with Crippen LogP contribution in [0, 0.1) is 17.0 Å². The highest BCUT2D eigenvalue weighted by atomic mass is 35.5. The lowest BCUT2D eigenvalue weighted by Gasteiger charge is -2.08. The van der Waals surface area contributed by atoms with Crippen LogP contribution in [0.15, 0.2) is 40.5 Å². The van der Waals surface area contributed by atoms with Crippen LogP contribution in [0.3, 0.4) is 0 Å². The maximum absolute atomic E-state index is 11.1. The molecule has 0 atom stereocenters. The van der Waals surface area contributed by atoms with Crippen LogP contribution in [0.4, 0.5) is 5.69 Å². The number of benzene rings is 1. The lowest BCUT2D eigenvalue weighted by atomic mass is 10.3. The van der Waals surface area contributed by atoms with Gasteiger partial charge in [0, 0.05) is 11.6 Å². The molecule has 3 rings (SSSR count). The maximum atomic E-state index is 11.1. The molecule has 0 radical (unpaired) electrons. The molecule has 0 N–H and O–H groups in total. The van der Waals surface area contributed by atoms with Crippen LogP contribution in [0.1, 0.15) is 5.56 Å². The first-order valence-electron chi connectivity index (χ1n) is 5.85. The first-order chi connectivity index (χ1) is 10.1. The van der Waals surface area contributed by atoms with Gasteiger partial charge in [0.1, 0.15) is 16.5 Å². The van der Waals surface area contributed by atoms with E-state index >= 15 is 0 Å². The van der Waals surface area contributed by atoms with E-state index in [0.717, 1.165) is 0 Å². The van der Waals surface area contributed by atoms with Gasteiger partial charge in [-0.25, -0.2) is 0 Å². The molecule has 7 nitrogen and oxygen atoms in total. The lowest BCUT2D eigenvalue weighted by Crippen LogP contribution is -2.00. The number of halogens is 1. The number of rotatable bonds is 3. The van der Waals surface area contributed by atoms with Gasteiger partial charge in [-0.3, -0.25) is 10.1 Å². The predicted molar refractivity (Wildman–Crippen MR) is 77.7 cm³/mol. The SMILES string of the molecule is Cc1c(Cl)nc2ncnn2c1Sc1ccccc1[N+](=O)[O-]. The Hall–Kier alpha value is -2.19. The fourth-order valence-corrected chi connectivity index (χ4v) is 3.08. The molecule has 0 aliphatic rings. The summed E-state index contributed by atoms with van der Waals surface area (Å²) in [6, 6.07) is 6.50. The maximum Gasteiger partial charge on any atom is 0.283 e. The Kier molecular flexibility index (Phi) is 3.48. The zero-order chi connectivity index (χ0) is 15.0. The van der Waals surface area contributed by atoms with Crippen LogP contribution < -0.4 is 0 Å². The van der Waals surface area contributed by atoms with Crippen molar-refractivity contribution in [3.05, 3.63) is 51.4 Å². The van der Waals surface area contributed by atoms with Gasteiger partial charge in [0.15, 0.2) is 0 Å². The Balaban J connectivity index is 2.17. The third-order valence-corrected chi connectivity index (χ3v) is 4.42. The van der Waals surface area contributed by atoms with Crippen LogP contribution in [-0.4, -0.2) is 24.5 Å². The molecule has 0 unspecified atom stereocenters. The molecule has 9 heteroatoms. The number of para-hydroxylation sites is 1. The summed E-state index contributed by atoms with van der Waals surface area (Å²) in [5.41, 5.74) is 0.723. The molecule has 2 heterocycles. The van der Waals surface area contributed by atoms with Crippen molar-refractivity contribution in [1.82, 2.24) is 19.6 Å². The molecule has 21 heavy (non-hydrogen) atoms. The van der Waals surface area contributed by atoms with Gasteiger partial charge in [0.2, 0.25) is 0 Å². The third-order valence-electron chi connectivity index (χ3n) is 2.82. The lowest BCUT2D eigenvalue weighted by molar-refractivity contribution is -0.387. The second-order valence-electron chi connectivity index (χ2n) is 4.13. The Morgan fingerprint density at radius 2 is 2.14 bits per heavy atom. The van der Waals surface area contributed by atoms with Crippen LogP contribution in [0.5, 0.6) is 0 Å². The van der Waals surface area contributed by atoms with Gasteiger partial charge >= 0.3 is 0 Å². The van der Waals surface area contributed by atoms with E-state index in [1.165, 1.54) is 28.7 Å². The van der Waals surface area contributed by atoms with Crippen molar-refractivity contribution >= 4 is 34.8 Å². The van der Waals surface area contributed by atoms with Crippen molar-refractivity contribution < 1.29 is 4.92 Å². The third kappa shape index (κ3) is 2.43. The van der Waals surface area contributed by atoms with Gasteiger partial charge in [-0.15, -0.1) is 0 Å². The van der Waals surface area contributed by atoms with E-state index in [1.54, 1.807) is 25.1 Å². The minimum atomic E-state index is -0.418. The summed E-state index contributed by atoms with van der Waals surface area (Å²) in [6.45, 7) is 1.79. The van der Waals surface area contributed by atoms with E-state index in [9.17, 15) is 10.1 Å². The molecule has 3 aromatic rings. The molecule has 0 fully saturated rings. The second kappa shape index (κ2) is 5.30. The number of nitrogens with zero attached hydrogens (tertiary/aromatic N) is 5. The highest BCUT2D eigenvalue weighted by Crippen LogP contribution is 2.37. The average molecular weight is 322 g/mol. The van der Waals surface area contributed by atoms with E-state index in [0.29, 0.717) is 26.4 Å². The number of fused-ring (bicyclic) bond motifs is 1. The van der Waals surface area contributed by atoms with Crippen LogP contribution in [0.25, 0.3) is 5.78 Å². The molecule has 106 valence electrons. The molecule has 0 saturated carbocycles. The van der Waals surface area contributed by atoms with Crippen LogP contribution in [-0.2, 0) is 0 Å². The number of hydrogen-bond donors (Lipinski definition) is 0. The predicted octanol–water partition coefficient (Wildman–Crippen LogP) is 3.15. The number of nitro groups is 1. The molecule has 0 saturated heterocycles. The van der Waals surface area contributed by atoms with Gasteiger partial charge in [0.25, 0.3) is 11.5 Å². The standard InChI is InChI=1S/C12H8ClN5O2S/c1-7-10(13)16-12-14-6-15-17(12)11(7)21-9-5-3-2-4-8(9)18(19)20/h2-6H,1H3. The minimum absolute atomic E-state index is 0.0306. The average Bonchev–Trinajstić information content (AvgIpc) is 2.92. The Labute approximate surface area is 128 Å². The molecule has 0 bridgehead atoms. The Bertz CT molecular complexity index is 851. The number of aromatic nitrogens is 4. The minimum Gasteiger partial charge on any atom is -0.258 e. The van der Waals surface area contributed by atoms with Crippen molar-refractivity contribution in [2.24, 2.45) is 0 Å². The molecule has 2 aromatic heterocycles. The molecular formula is C12H8ClN5O2S. The first kappa shape index (κ1) is 13.8. The van der Waals surface area contributed by atoms with Crippen LogP contribution in [0.2, 0.25) is 5.15 Å². The van der Waals surface area contributed by atoms with Crippen molar-refractivity contribution in [1.29, 1.82) is 0 Å². The van der Waals surface area contributed by atoms with Gasteiger partial charge in [-0.1, -0.05) is 35.5 Å². The zero-order valence-electron chi connectivity index (χ0n) is 10.7. The summed E-state index contributed by atoms with van der Waals surface area (Å²) in [4.78, 5) is 19.3. The number of hydrogen-bond acceptors (Lipinski definition) is 6. The summed E-state index contributed by atoms with van der Waals surface area (Å²) in [7, 11) is 0. The van der Waals surface area contributed by atoms with Gasteiger partial charge in [0.05, 0.1) is 9.82 Å². The van der Waals surface area contributed by atoms with Crippen molar-refractivity contribution in [3.63, 3.8) is 0 Å². The monoisotopic (exact) mass is 321 g/mol. The highest BCUT2D eigenvalue weighted by Gasteiger charge is 2.19. The Morgan fingerprint density at radius 1 is 1.38 bits per heavy atom. The smallest absolute Gasteiger partial charge is 0.258 e. The molecule has 0 amide bonds. The summed E-state index contributed by atoms with van der Waals surface area (Å²) >= 11 is 7.29. The van der Waals surface area contributed by atoms with E-state index in [4.69, 9.17) is 11.6 Å². The summed E-state index contributed by atoms with van der Waals surface area (Å²) in [6.07, 6.45) is 1.36. The second-order valence-corrected chi connectivity index (χ2v) is 5.52. The molecule has 1 aromatic carbocycles. The van der Waals surface area contributed by atoms with Crippen molar-refractivity contribution in [2.45, 2.75) is 16.8 Å². The fourth-order valence-electron chi connectivity index (χ4n) is 1.79. The first-order valence-corrected chi connectivity index (χ1v) is 7.04. The topological polar surface area (TPSA) is 86.2 Å². The van der Waals surface area contributed by atoms with E-state index in [1.807, 2.05) is 0 Å².